The Bertz CT molecular complexity index is 324. The lowest BCUT2D eigenvalue weighted by Crippen LogP contribution is -2.10. The summed E-state index contributed by atoms with van der Waals surface area (Å²) in [5.74, 6) is 0.341. The summed E-state index contributed by atoms with van der Waals surface area (Å²) < 4.78 is 10.2. The molecule has 0 aliphatic carbocycles. The Morgan fingerprint density at radius 1 is 1.25 bits per heavy atom. The molecule has 0 saturated carbocycles. The molecule has 1 unspecified atom stereocenters. The minimum atomic E-state index is -1.07. The molecule has 3 nitrogen and oxygen atoms in total. The van der Waals surface area contributed by atoms with Crippen LogP contribution in [-0.2, 0) is 4.52 Å². The number of hydrogen-bond donors (Lipinski definition) is 0. The van der Waals surface area contributed by atoms with Crippen molar-refractivity contribution >= 4 is 14.3 Å². The first-order chi connectivity index (χ1) is 5.77. The molecule has 0 spiro atoms. The molecular formula is C8H7O3P. The van der Waals surface area contributed by atoms with E-state index in [4.69, 9.17) is 9.05 Å². The Hall–Kier alpha value is -1.08. The predicted octanol–water partition coefficient (Wildman–Crippen LogP) is 2.18. The van der Waals surface area contributed by atoms with E-state index in [1.54, 1.807) is 24.9 Å². The molecule has 0 bridgehead atoms. The molecule has 0 radical (unpaired) electrons. The summed E-state index contributed by atoms with van der Waals surface area (Å²) in [4.78, 5) is 11.2. The second-order valence-corrected chi connectivity index (χ2v) is 3.65. The third kappa shape index (κ3) is 1.16. The van der Waals surface area contributed by atoms with E-state index in [2.05, 4.69) is 0 Å². The van der Waals surface area contributed by atoms with Crippen LogP contribution in [-0.4, -0.2) is 12.6 Å². The summed E-state index contributed by atoms with van der Waals surface area (Å²) in [6.45, 7) is 1.75. The van der Waals surface area contributed by atoms with Crippen LogP contribution in [0.3, 0.4) is 0 Å². The molecule has 0 saturated heterocycles. The van der Waals surface area contributed by atoms with Crippen molar-refractivity contribution in [3.8, 4) is 5.75 Å². The smallest absolute Gasteiger partial charge is 0.347 e. The Balaban J connectivity index is 2.47. The summed E-state index contributed by atoms with van der Waals surface area (Å²) in [5, 5.41) is 0. The molecule has 1 aliphatic rings. The number of fused-ring (bicyclic) bond motifs is 1. The zero-order chi connectivity index (χ0) is 8.55. The molecule has 1 aliphatic heterocycles. The topological polar surface area (TPSA) is 35.5 Å². The number of para-hydroxylation sites is 1. The van der Waals surface area contributed by atoms with Gasteiger partial charge in [0.2, 0.25) is 0 Å². The molecule has 0 amide bonds. The van der Waals surface area contributed by atoms with Gasteiger partial charge < -0.3 is 9.05 Å². The highest BCUT2D eigenvalue weighted by Crippen LogP contribution is 2.42. The van der Waals surface area contributed by atoms with Gasteiger partial charge in [-0.1, -0.05) is 12.1 Å². The fourth-order valence-electron chi connectivity index (χ4n) is 1.04. The van der Waals surface area contributed by atoms with Crippen molar-refractivity contribution in [3.63, 3.8) is 0 Å². The van der Waals surface area contributed by atoms with Crippen LogP contribution in [0.2, 0.25) is 0 Å². The SMILES string of the molecule is CP1OC(=O)c2ccccc2O1. The van der Waals surface area contributed by atoms with Gasteiger partial charge >= 0.3 is 5.97 Å². The van der Waals surface area contributed by atoms with Crippen molar-refractivity contribution in [1.82, 2.24) is 0 Å². The van der Waals surface area contributed by atoms with E-state index in [1.807, 2.05) is 6.07 Å². The lowest BCUT2D eigenvalue weighted by Gasteiger charge is -2.20. The van der Waals surface area contributed by atoms with E-state index in [0.29, 0.717) is 11.3 Å². The average molecular weight is 182 g/mol. The van der Waals surface area contributed by atoms with E-state index >= 15 is 0 Å². The van der Waals surface area contributed by atoms with Crippen LogP contribution >= 0.6 is 8.38 Å². The van der Waals surface area contributed by atoms with Gasteiger partial charge in [0.25, 0.3) is 8.38 Å². The van der Waals surface area contributed by atoms with Crippen molar-refractivity contribution in [1.29, 1.82) is 0 Å². The van der Waals surface area contributed by atoms with Crippen molar-refractivity contribution in [2.75, 3.05) is 6.66 Å². The highest BCUT2D eigenvalue weighted by molar-refractivity contribution is 7.47. The van der Waals surface area contributed by atoms with Gasteiger partial charge in [-0.3, -0.25) is 0 Å². The van der Waals surface area contributed by atoms with Crippen molar-refractivity contribution in [2.45, 2.75) is 0 Å². The minimum absolute atomic E-state index is 0.287. The van der Waals surface area contributed by atoms with Gasteiger partial charge in [-0.05, 0) is 12.1 Å². The third-order valence-electron chi connectivity index (χ3n) is 1.55. The van der Waals surface area contributed by atoms with Gasteiger partial charge in [0, 0.05) is 6.66 Å². The number of hydrogen-bond acceptors (Lipinski definition) is 3. The maximum Gasteiger partial charge on any atom is 0.347 e. The standard InChI is InChI=1S/C8H7O3P/c1-12-10-7-5-3-2-4-6(7)8(9)11-12/h2-5H,1H3. The minimum Gasteiger partial charge on any atom is -0.438 e. The van der Waals surface area contributed by atoms with Crippen LogP contribution in [0.5, 0.6) is 5.75 Å². The molecule has 2 rings (SSSR count). The zero-order valence-corrected chi connectivity index (χ0v) is 7.38. The van der Waals surface area contributed by atoms with Crippen LogP contribution in [0.15, 0.2) is 24.3 Å². The van der Waals surface area contributed by atoms with E-state index in [1.165, 1.54) is 0 Å². The quantitative estimate of drug-likeness (QED) is 0.577. The predicted molar refractivity (Wildman–Crippen MR) is 45.3 cm³/mol. The first-order valence-electron chi connectivity index (χ1n) is 3.50. The number of carbonyl (C=O) groups is 1. The Morgan fingerprint density at radius 2 is 2.00 bits per heavy atom. The average Bonchev–Trinajstić information content (AvgIpc) is 2.04. The number of rotatable bonds is 0. The fourth-order valence-corrected chi connectivity index (χ4v) is 1.84. The van der Waals surface area contributed by atoms with Gasteiger partial charge in [0.05, 0.1) is 0 Å². The monoisotopic (exact) mass is 182 g/mol. The fraction of sp³-hybridized carbons (Fsp3) is 0.125. The summed E-state index contributed by atoms with van der Waals surface area (Å²) in [5.41, 5.74) is 0.512. The van der Waals surface area contributed by atoms with E-state index in [-0.39, 0.29) is 5.97 Å². The molecule has 1 atom stereocenters. The Labute approximate surface area is 71.2 Å². The third-order valence-corrected chi connectivity index (χ3v) is 2.42. The van der Waals surface area contributed by atoms with Crippen molar-refractivity contribution < 1.29 is 13.8 Å². The van der Waals surface area contributed by atoms with Gasteiger partial charge in [-0.25, -0.2) is 4.79 Å². The molecule has 62 valence electrons. The second kappa shape index (κ2) is 2.76. The maximum absolute atomic E-state index is 11.2. The van der Waals surface area contributed by atoms with Crippen LogP contribution in [0.1, 0.15) is 10.4 Å². The highest BCUT2D eigenvalue weighted by atomic mass is 31.2. The first kappa shape index (κ1) is 7.56. The largest absolute Gasteiger partial charge is 0.438 e. The summed E-state index contributed by atoms with van der Waals surface area (Å²) >= 11 is 0. The molecular weight excluding hydrogens is 175 g/mol. The molecule has 1 heterocycles. The lowest BCUT2D eigenvalue weighted by atomic mass is 10.2. The van der Waals surface area contributed by atoms with Gasteiger partial charge in [-0.2, -0.15) is 0 Å². The highest BCUT2D eigenvalue weighted by Gasteiger charge is 2.24. The normalized spacial score (nSPS) is 20.8. The van der Waals surface area contributed by atoms with E-state index < -0.39 is 8.38 Å². The zero-order valence-electron chi connectivity index (χ0n) is 6.48. The van der Waals surface area contributed by atoms with E-state index in [0.717, 1.165) is 0 Å². The summed E-state index contributed by atoms with van der Waals surface area (Å²) in [6, 6.07) is 7.09. The first-order valence-corrected chi connectivity index (χ1v) is 5.13. The summed E-state index contributed by atoms with van der Waals surface area (Å²) in [7, 11) is -1.07. The van der Waals surface area contributed by atoms with Crippen molar-refractivity contribution in [2.24, 2.45) is 0 Å². The van der Waals surface area contributed by atoms with Gasteiger partial charge in [-0.15, -0.1) is 0 Å². The number of benzene rings is 1. The Morgan fingerprint density at radius 3 is 2.83 bits per heavy atom. The molecule has 4 heteroatoms. The van der Waals surface area contributed by atoms with Crippen LogP contribution < -0.4 is 4.52 Å². The Kier molecular flexibility index (Phi) is 1.74. The van der Waals surface area contributed by atoms with Crippen LogP contribution in [0.4, 0.5) is 0 Å². The van der Waals surface area contributed by atoms with Crippen LogP contribution in [0.25, 0.3) is 0 Å². The number of carbonyl (C=O) groups excluding carboxylic acids is 1. The lowest BCUT2D eigenvalue weighted by molar-refractivity contribution is 0.0724. The molecule has 1 aromatic rings. The molecule has 1 aromatic carbocycles. The molecule has 0 aromatic heterocycles. The van der Waals surface area contributed by atoms with Crippen LogP contribution in [0, 0.1) is 0 Å². The van der Waals surface area contributed by atoms with Gasteiger partial charge in [0.15, 0.2) is 0 Å². The summed E-state index contributed by atoms with van der Waals surface area (Å²) in [6.07, 6.45) is 0. The molecule has 0 N–H and O–H groups in total. The van der Waals surface area contributed by atoms with E-state index in [9.17, 15) is 4.79 Å². The van der Waals surface area contributed by atoms with Crippen molar-refractivity contribution in [3.05, 3.63) is 29.8 Å². The second-order valence-electron chi connectivity index (χ2n) is 2.41. The molecule has 0 fully saturated rings. The molecule has 12 heavy (non-hydrogen) atoms. The maximum atomic E-state index is 11.2. The van der Waals surface area contributed by atoms with Gasteiger partial charge in [0.1, 0.15) is 11.3 Å².